The molecule has 0 unspecified atom stereocenters. The SMILES string of the molecule is O=C(Nc1ccccc1Br)C(Cl)(Cl)Cl. The lowest BCUT2D eigenvalue weighted by atomic mass is 10.3. The minimum absolute atomic E-state index is 0.559. The first-order valence-electron chi connectivity index (χ1n) is 3.54. The number of benzene rings is 1. The predicted molar refractivity (Wildman–Crippen MR) is 63.1 cm³/mol. The molecule has 0 heterocycles. The summed E-state index contributed by atoms with van der Waals surface area (Å²) >= 11 is 19.4. The number of para-hydroxylation sites is 1. The van der Waals surface area contributed by atoms with Gasteiger partial charge < -0.3 is 5.32 Å². The molecule has 0 aliphatic heterocycles. The van der Waals surface area contributed by atoms with Crippen molar-refractivity contribution in [1.29, 1.82) is 0 Å². The number of nitrogens with one attached hydrogen (secondary N) is 1. The summed E-state index contributed by atoms with van der Waals surface area (Å²) in [7, 11) is 0. The van der Waals surface area contributed by atoms with Gasteiger partial charge in [0.15, 0.2) is 0 Å². The van der Waals surface area contributed by atoms with Crippen molar-refractivity contribution in [3.8, 4) is 0 Å². The van der Waals surface area contributed by atoms with Gasteiger partial charge in [-0.05, 0) is 28.1 Å². The van der Waals surface area contributed by atoms with Crippen LogP contribution in [0.5, 0.6) is 0 Å². The molecule has 1 rings (SSSR count). The average Bonchev–Trinajstić information content (AvgIpc) is 2.07. The summed E-state index contributed by atoms with van der Waals surface area (Å²) in [5.74, 6) is -0.686. The Morgan fingerprint density at radius 3 is 2.36 bits per heavy atom. The number of halogens is 4. The van der Waals surface area contributed by atoms with Crippen molar-refractivity contribution in [2.75, 3.05) is 5.32 Å². The van der Waals surface area contributed by atoms with Gasteiger partial charge in [-0.2, -0.15) is 0 Å². The van der Waals surface area contributed by atoms with Gasteiger partial charge in [-0.3, -0.25) is 4.79 Å². The maximum absolute atomic E-state index is 11.3. The molecule has 0 aromatic heterocycles. The highest BCUT2D eigenvalue weighted by Crippen LogP contribution is 2.29. The van der Waals surface area contributed by atoms with E-state index in [1.165, 1.54) is 0 Å². The summed E-state index contributed by atoms with van der Waals surface area (Å²) in [4.78, 5) is 11.3. The molecule has 2 nitrogen and oxygen atoms in total. The fourth-order valence-electron chi connectivity index (χ4n) is 0.756. The minimum Gasteiger partial charge on any atom is -0.321 e. The molecule has 0 aliphatic rings. The molecule has 0 saturated carbocycles. The first-order valence-corrected chi connectivity index (χ1v) is 5.46. The van der Waals surface area contributed by atoms with Crippen LogP contribution in [-0.2, 0) is 4.79 Å². The molecular weight excluding hydrogens is 312 g/mol. The quantitative estimate of drug-likeness (QED) is 0.785. The molecule has 1 N–H and O–H groups in total. The molecule has 14 heavy (non-hydrogen) atoms. The lowest BCUT2D eigenvalue weighted by Gasteiger charge is -2.12. The Bertz CT molecular complexity index is 351. The largest absolute Gasteiger partial charge is 0.321 e. The topological polar surface area (TPSA) is 29.1 Å². The molecule has 76 valence electrons. The van der Waals surface area contributed by atoms with Crippen LogP contribution in [0.3, 0.4) is 0 Å². The zero-order chi connectivity index (χ0) is 10.8. The molecule has 0 atom stereocenters. The van der Waals surface area contributed by atoms with E-state index in [1.807, 2.05) is 6.07 Å². The summed E-state index contributed by atoms with van der Waals surface area (Å²) in [5, 5.41) is 2.47. The molecule has 0 fully saturated rings. The Morgan fingerprint density at radius 2 is 1.86 bits per heavy atom. The number of carbonyl (C=O) groups is 1. The second-order valence-electron chi connectivity index (χ2n) is 2.43. The van der Waals surface area contributed by atoms with Gasteiger partial charge >= 0.3 is 0 Å². The average molecular weight is 317 g/mol. The van der Waals surface area contributed by atoms with Gasteiger partial charge in [0.2, 0.25) is 0 Å². The third-order valence-electron chi connectivity index (χ3n) is 1.38. The number of hydrogen-bond donors (Lipinski definition) is 1. The number of carbonyl (C=O) groups excluding carboxylic acids is 1. The molecule has 0 radical (unpaired) electrons. The zero-order valence-electron chi connectivity index (χ0n) is 6.73. The summed E-state index contributed by atoms with van der Waals surface area (Å²) in [6.45, 7) is 0. The smallest absolute Gasteiger partial charge is 0.276 e. The highest BCUT2D eigenvalue weighted by atomic mass is 79.9. The number of amides is 1. The number of alkyl halides is 3. The van der Waals surface area contributed by atoms with Crippen molar-refractivity contribution in [1.82, 2.24) is 0 Å². The first-order chi connectivity index (χ1) is 6.41. The van der Waals surface area contributed by atoms with E-state index in [0.29, 0.717) is 5.69 Å². The first kappa shape index (κ1) is 12.1. The van der Waals surface area contributed by atoms with E-state index in [-0.39, 0.29) is 0 Å². The van der Waals surface area contributed by atoms with E-state index in [1.54, 1.807) is 18.2 Å². The van der Waals surface area contributed by atoms with E-state index in [0.717, 1.165) is 4.47 Å². The van der Waals surface area contributed by atoms with Crippen molar-refractivity contribution in [3.05, 3.63) is 28.7 Å². The zero-order valence-corrected chi connectivity index (χ0v) is 10.6. The Kier molecular flexibility index (Phi) is 4.07. The number of rotatable bonds is 1. The van der Waals surface area contributed by atoms with Crippen LogP contribution in [0.25, 0.3) is 0 Å². The van der Waals surface area contributed by atoms with E-state index < -0.39 is 9.70 Å². The second-order valence-corrected chi connectivity index (χ2v) is 5.57. The second kappa shape index (κ2) is 4.71. The lowest BCUT2D eigenvalue weighted by Crippen LogP contribution is -2.27. The molecule has 0 bridgehead atoms. The van der Waals surface area contributed by atoms with Gasteiger partial charge in [-0.1, -0.05) is 46.9 Å². The van der Waals surface area contributed by atoms with Gasteiger partial charge in [0.05, 0.1) is 5.69 Å². The maximum atomic E-state index is 11.3. The van der Waals surface area contributed by atoms with Crippen molar-refractivity contribution >= 4 is 62.3 Å². The van der Waals surface area contributed by atoms with Gasteiger partial charge in [-0.25, -0.2) is 0 Å². The Labute approximate surface area is 105 Å². The summed E-state index contributed by atoms with van der Waals surface area (Å²) in [6, 6.07) is 7.04. The lowest BCUT2D eigenvalue weighted by molar-refractivity contribution is -0.115. The van der Waals surface area contributed by atoms with Crippen LogP contribution in [-0.4, -0.2) is 9.70 Å². The minimum atomic E-state index is -1.95. The van der Waals surface area contributed by atoms with E-state index in [4.69, 9.17) is 34.8 Å². The standard InChI is InChI=1S/C8H5BrCl3NO/c9-5-3-1-2-4-6(5)13-7(14)8(10,11)12/h1-4H,(H,13,14). The molecule has 1 aromatic rings. The third-order valence-corrected chi connectivity index (χ3v) is 2.59. The van der Waals surface area contributed by atoms with Gasteiger partial charge in [0.25, 0.3) is 9.70 Å². The summed E-state index contributed by atoms with van der Waals surface area (Å²) in [6.07, 6.45) is 0. The molecule has 6 heteroatoms. The molecule has 1 aromatic carbocycles. The van der Waals surface area contributed by atoms with E-state index >= 15 is 0 Å². The van der Waals surface area contributed by atoms with Crippen LogP contribution < -0.4 is 5.32 Å². The highest BCUT2D eigenvalue weighted by Gasteiger charge is 2.30. The Hall–Kier alpha value is 0.0400. The van der Waals surface area contributed by atoms with Gasteiger partial charge in [0.1, 0.15) is 0 Å². The van der Waals surface area contributed by atoms with Gasteiger partial charge in [-0.15, -0.1) is 0 Å². The molecule has 0 saturated heterocycles. The maximum Gasteiger partial charge on any atom is 0.276 e. The van der Waals surface area contributed by atoms with E-state index in [2.05, 4.69) is 21.2 Å². The molecule has 1 amide bonds. The fourth-order valence-corrected chi connectivity index (χ4v) is 1.28. The molecular formula is C8H5BrCl3NO. The fraction of sp³-hybridized carbons (Fsp3) is 0.125. The molecule has 0 aliphatic carbocycles. The van der Waals surface area contributed by atoms with Crippen molar-refractivity contribution in [3.63, 3.8) is 0 Å². The van der Waals surface area contributed by atoms with Crippen molar-refractivity contribution < 1.29 is 4.79 Å². The van der Waals surface area contributed by atoms with Crippen molar-refractivity contribution in [2.45, 2.75) is 3.79 Å². The highest BCUT2D eigenvalue weighted by molar-refractivity contribution is 9.10. The summed E-state index contributed by atoms with van der Waals surface area (Å²) < 4.78 is -1.22. The van der Waals surface area contributed by atoms with Crippen LogP contribution in [0.2, 0.25) is 0 Å². The third kappa shape index (κ3) is 3.31. The summed E-state index contributed by atoms with van der Waals surface area (Å²) in [5.41, 5.74) is 0.559. The normalized spacial score (nSPS) is 11.1. The van der Waals surface area contributed by atoms with Crippen LogP contribution in [0.15, 0.2) is 28.7 Å². The van der Waals surface area contributed by atoms with E-state index in [9.17, 15) is 4.79 Å². The Morgan fingerprint density at radius 1 is 1.29 bits per heavy atom. The predicted octanol–water partition coefficient (Wildman–Crippen LogP) is 3.76. The van der Waals surface area contributed by atoms with Crippen LogP contribution in [0, 0.1) is 0 Å². The van der Waals surface area contributed by atoms with Gasteiger partial charge in [0, 0.05) is 4.47 Å². The number of hydrogen-bond acceptors (Lipinski definition) is 1. The van der Waals surface area contributed by atoms with Crippen LogP contribution in [0.4, 0.5) is 5.69 Å². The molecule has 0 spiro atoms. The number of anilines is 1. The van der Waals surface area contributed by atoms with Crippen molar-refractivity contribution in [2.24, 2.45) is 0 Å². The van der Waals surface area contributed by atoms with Crippen LogP contribution in [0.1, 0.15) is 0 Å². The van der Waals surface area contributed by atoms with Crippen LogP contribution >= 0.6 is 50.7 Å². The Balaban J connectivity index is 2.80. The monoisotopic (exact) mass is 315 g/mol.